The molecule has 9 heteroatoms. The number of rotatable bonds is 3. The van der Waals surface area contributed by atoms with Gasteiger partial charge in [0.25, 0.3) is 11.5 Å². The van der Waals surface area contributed by atoms with Crippen LogP contribution in [0.4, 0.5) is 0 Å². The van der Waals surface area contributed by atoms with Crippen molar-refractivity contribution in [2.24, 2.45) is 0 Å². The number of amides is 1. The molecule has 2 N–H and O–H groups in total. The number of piperidine rings is 1. The van der Waals surface area contributed by atoms with E-state index in [1.807, 2.05) is 6.92 Å². The molecule has 0 radical (unpaired) electrons. The van der Waals surface area contributed by atoms with E-state index in [9.17, 15) is 19.5 Å². The average molecular weight is 348 g/mol. The van der Waals surface area contributed by atoms with Crippen LogP contribution in [0.3, 0.4) is 0 Å². The molecule has 9 nitrogen and oxygen atoms in total. The number of hydrogen-bond acceptors (Lipinski definition) is 6. The molecule has 2 aromatic rings. The molecule has 0 aromatic carbocycles. The summed E-state index contributed by atoms with van der Waals surface area (Å²) in [5.74, 6) is 0.294. The monoisotopic (exact) mass is 348 g/mol. The van der Waals surface area contributed by atoms with E-state index in [2.05, 4.69) is 10.1 Å². The lowest BCUT2D eigenvalue weighted by Crippen LogP contribution is -2.55. The highest BCUT2D eigenvalue weighted by Gasteiger charge is 2.41. The molecule has 0 spiro atoms. The Kier molecular flexibility index (Phi) is 4.34. The third kappa shape index (κ3) is 3.27. The summed E-state index contributed by atoms with van der Waals surface area (Å²) in [5.41, 5.74) is -2.14. The van der Waals surface area contributed by atoms with Crippen LogP contribution in [0.5, 0.6) is 0 Å². The molecule has 1 aliphatic rings. The van der Waals surface area contributed by atoms with Gasteiger partial charge in [-0.15, -0.1) is 0 Å². The van der Waals surface area contributed by atoms with Gasteiger partial charge >= 0.3 is 5.69 Å². The van der Waals surface area contributed by atoms with E-state index in [4.69, 9.17) is 4.52 Å². The number of aliphatic hydroxyl groups is 1. The van der Waals surface area contributed by atoms with Crippen molar-refractivity contribution >= 4 is 5.91 Å². The van der Waals surface area contributed by atoms with Crippen molar-refractivity contribution < 1.29 is 14.4 Å². The molecule has 3 heterocycles. The Morgan fingerprint density at radius 1 is 1.52 bits per heavy atom. The van der Waals surface area contributed by atoms with Crippen molar-refractivity contribution in [3.8, 4) is 0 Å². The van der Waals surface area contributed by atoms with Crippen molar-refractivity contribution in [3.05, 3.63) is 50.6 Å². The molecule has 0 bridgehead atoms. The van der Waals surface area contributed by atoms with Crippen LogP contribution < -0.4 is 11.2 Å². The summed E-state index contributed by atoms with van der Waals surface area (Å²) in [6.07, 6.45) is 2.25. The van der Waals surface area contributed by atoms with Gasteiger partial charge in [0.2, 0.25) is 0 Å². The summed E-state index contributed by atoms with van der Waals surface area (Å²) in [5, 5.41) is 14.5. The first-order valence-corrected chi connectivity index (χ1v) is 8.10. The molecular weight excluding hydrogens is 328 g/mol. The summed E-state index contributed by atoms with van der Waals surface area (Å²) >= 11 is 0. The van der Waals surface area contributed by atoms with Crippen molar-refractivity contribution in [2.45, 2.75) is 38.3 Å². The Morgan fingerprint density at radius 3 is 2.92 bits per heavy atom. The van der Waals surface area contributed by atoms with E-state index >= 15 is 0 Å². The normalized spacial score (nSPS) is 23.6. The third-order valence-electron chi connectivity index (χ3n) is 4.60. The summed E-state index contributed by atoms with van der Waals surface area (Å²) in [6, 6.07) is 2.12. The summed E-state index contributed by atoms with van der Waals surface area (Å²) in [6.45, 7) is 3.95. The lowest BCUT2D eigenvalue weighted by atomic mass is 9.88. The zero-order valence-electron chi connectivity index (χ0n) is 14.1. The fourth-order valence-corrected chi connectivity index (χ4v) is 3.01. The van der Waals surface area contributed by atoms with E-state index in [0.717, 1.165) is 0 Å². The second-order valence-corrected chi connectivity index (χ2v) is 6.42. The number of nitrogens with zero attached hydrogens (tertiary/aromatic N) is 3. The smallest absolute Gasteiger partial charge is 0.328 e. The van der Waals surface area contributed by atoms with Gasteiger partial charge in [-0.25, -0.2) is 4.79 Å². The molecule has 134 valence electrons. The zero-order valence-corrected chi connectivity index (χ0v) is 14.1. The second-order valence-electron chi connectivity index (χ2n) is 6.42. The number of carbonyl (C=O) groups is 1. The number of aromatic amines is 1. The predicted octanol–water partition coefficient (Wildman–Crippen LogP) is -0.0748. The Morgan fingerprint density at radius 2 is 2.28 bits per heavy atom. The fraction of sp³-hybridized carbons (Fsp3) is 0.500. The minimum absolute atomic E-state index is 0.117. The standard InChI is InChI=1S/C16H20N4O5/c1-3-10-8-11(18-25-10)14(22)19-7-5-16(2,24)12(9-19)20-6-4-13(21)17-15(20)23/h4,6,8,12,24H,3,5,7,9H2,1-2H3,(H,17,21,23)/t12-,16-/m1/s1. The van der Waals surface area contributed by atoms with Crippen LogP contribution in [-0.2, 0) is 6.42 Å². The molecule has 1 fully saturated rings. The van der Waals surface area contributed by atoms with Gasteiger partial charge in [0.15, 0.2) is 5.69 Å². The van der Waals surface area contributed by atoms with Gasteiger partial charge in [0.05, 0.1) is 11.6 Å². The minimum atomic E-state index is -1.20. The summed E-state index contributed by atoms with van der Waals surface area (Å²) in [4.78, 5) is 39.7. The third-order valence-corrected chi connectivity index (χ3v) is 4.60. The molecule has 0 aliphatic carbocycles. The van der Waals surface area contributed by atoms with E-state index in [-0.39, 0.29) is 24.6 Å². The Hall–Kier alpha value is -2.68. The number of aryl methyl sites for hydroxylation is 1. The molecule has 25 heavy (non-hydrogen) atoms. The summed E-state index contributed by atoms with van der Waals surface area (Å²) in [7, 11) is 0. The number of hydrogen-bond donors (Lipinski definition) is 2. The first kappa shape index (κ1) is 17.2. The summed E-state index contributed by atoms with van der Waals surface area (Å²) < 4.78 is 6.32. The molecule has 1 amide bonds. The number of H-pyrrole nitrogens is 1. The molecule has 2 atom stereocenters. The van der Waals surface area contributed by atoms with E-state index in [1.165, 1.54) is 21.7 Å². The van der Waals surface area contributed by atoms with Gasteiger partial charge in [-0.05, 0) is 13.3 Å². The topological polar surface area (TPSA) is 121 Å². The number of aromatic nitrogens is 3. The molecule has 1 saturated heterocycles. The van der Waals surface area contributed by atoms with Gasteiger partial charge < -0.3 is 14.5 Å². The average Bonchev–Trinajstić information content (AvgIpc) is 3.04. The van der Waals surface area contributed by atoms with E-state index in [1.54, 1.807) is 13.0 Å². The zero-order chi connectivity index (χ0) is 18.2. The molecule has 0 unspecified atom stereocenters. The quantitative estimate of drug-likeness (QED) is 0.800. The lowest BCUT2D eigenvalue weighted by molar-refractivity contribution is -0.0461. The van der Waals surface area contributed by atoms with Gasteiger partial charge in [-0.1, -0.05) is 12.1 Å². The van der Waals surface area contributed by atoms with Crippen LogP contribution in [-0.4, -0.2) is 49.3 Å². The van der Waals surface area contributed by atoms with Crippen molar-refractivity contribution in [1.82, 2.24) is 19.6 Å². The van der Waals surface area contributed by atoms with E-state index in [0.29, 0.717) is 18.7 Å². The van der Waals surface area contributed by atoms with Crippen molar-refractivity contribution in [3.63, 3.8) is 0 Å². The second kappa shape index (κ2) is 6.32. The lowest BCUT2D eigenvalue weighted by Gasteiger charge is -2.42. The minimum Gasteiger partial charge on any atom is -0.388 e. The van der Waals surface area contributed by atoms with E-state index < -0.39 is 22.9 Å². The van der Waals surface area contributed by atoms with Crippen LogP contribution in [0.25, 0.3) is 0 Å². The van der Waals surface area contributed by atoms with Crippen LogP contribution in [0.15, 0.2) is 32.4 Å². The molecule has 1 aliphatic heterocycles. The highest BCUT2D eigenvalue weighted by Crippen LogP contribution is 2.31. The van der Waals surface area contributed by atoms with Gasteiger partial charge in [0, 0.05) is 37.8 Å². The number of likely N-dealkylation sites (tertiary alicyclic amines) is 1. The Bertz CT molecular complexity index is 894. The number of carbonyl (C=O) groups excluding carboxylic acids is 1. The SMILES string of the molecule is CCc1cc(C(=O)N2CC[C@@](C)(O)[C@H](n3ccc(=O)[nH]c3=O)C2)no1. The number of nitrogens with one attached hydrogen (secondary N) is 1. The van der Waals surface area contributed by atoms with Gasteiger partial charge in [0.1, 0.15) is 5.76 Å². The fourth-order valence-electron chi connectivity index (χ4n) is 3.01. The van der Waals surface area contributed by atoms with Crippen LogP contribution >= 0.6 is 0 Å². The first-order chi connectivity index (χ1) is 11.8. The Labute approximate surface area is 142 Å². The van der Waals surface area contributed by atoms with Crippen LogP contribution in [0.2, 0.25) is 0 Å². The molecule has 0 saturated carbocycles. The van der Waals surface area contributed by atoms with Gasteiger partial charge in [-0.2, -0.15) is 0 Å². The van der Waals surface area contributed by atoms with Crippen molar-refractivity contribution in [1.29, 1.82) is 0 Å². The molecule has 2 aromatic heterocycles. The largest absolute Gasteiger partial charge is 0.388 e. The Balaban J connectivity index is 1.89. The molecular formula is C16H20N4O5. The molecule has 3 rings (SSSR count). The first-order valence-electron chi connectivity index (χ1n) is 8.10. The van der Waals surface area contributed by atoms with Gasteiger partial charge in [-0.3, -0.25) is 19.1 Å². The maximum Gasteiger partial charge on any atom is 0.328 e. The van der Waals surface area contributed by atoms with Crippen LogP contribution in [0.1, 0.15) is 42.6 Å². The van der Waals surface area contributed by atoms with Crippen molar-refractivity contribution in [2.75, 3.05) is 13.1 Å². The predicted molar refractivity (Wildman–Crippen MR) is 87.4 cm³/mol. The highest BCUT2D eigenvalue weighted by atomic mass is 16.5. The van der Waals surface area contributed by atoms with Crippen LogP contribution in [0, 0.1) is 0 Å². The highest BCUT2D eigenvalue weighted by molar-refractivity contribution is 5.92. The maximum absolute atomic E-state index is 12.6. The maximum atomic E-state index is 12.6.